The molecule has 2 heterocycles. The molecule has 1 aliphatic rings. The number of anilines is 2. The first-order valence-corrected chi connectivity index (χ1v) is 9.61. The molecule has 1 saturated heterocycles. The molecule has 1 aromatic carbocycles. The minimum atomic E-state index is -0.710. The van der Waals surface area contributed by atoms with Crippen molar-refractivity contribution in [2.45, 2.75) is 26.8 Å². The minimum absolute atomic E-state index is 0.0425. The lowest BCUT2D eigenvalue weighted by Crippen LogP contribution is -2.49. The Hall–Kier alpha value is -2.87. The van der Waals surface area contributed by atoms with Gasteiger partial charge in [0.25, 0.3) is 5.56 Å². The van der Waals surface area contributed by atoms with E-state index in [1.807, 2.05) is 24.0 Å². The van der Waals surface area contributed by atoms with E-state index in [4.69, 9.17) is 5.73 Å². The summed E-state index contributed by atoms with van der Waals surface area (Å²) in [6.45, 7) is 7.49. The number of Topliss-reactive ketones (excluding diaryl/α,β-unsaturated/α-hetero) is 1. The molecule has 0 unspecified atom stereocenters. The van der Waals surface area contributed by atoms with Crippen molar-refractivity contribution in [3.8, 4) is 0 Å². The molecule has 1 aromatic heterocycles. The maximum atomic E-state index is 12.8. The van der Waals surface area contributed by atoms with Crippen LogP contribution in [0, 0.1) is 6.92 Å². The zero-order valence-corrected chi connectivity index (χ0v) is 16.4. The van der Waals surface area contributed by atoms with Crippen LogP contribution in [0.2, 0.25) is 0 Å². The largest absolute Gasteiger partial charge is 0.384 e. The second-order valence-electron chi connectivity index (χ2n) is 7.14. The van der Waals surface area contributed by atoms with Gasteiger partial charge >= 0.3 is 5.69 Å². The highest BCUT2D eigenvalue weighted by Crippen LogP contribution is 2.21. The number of H-pyrrole nitrogens is 1. The summed E-state index contributed by atoms with van der Waals surface area (Å²) in [5, 5.41) is 0. The summed E-state index contributed by atoms with van der Waals surface area (Å²) < 4.78 is 1.25. The Kier molecular flexibility index (Phi) is 5.99. The lowest BCUT2D eigenvalue weighted by Gasteiger charge is -2.36. The smallest absolute Gasteiger partial charge is 0.329 e. The average Bonchev–Trinajstić information content (AvgIpc) is 2.66. The Morgan fingerprint density at radius 1 is 1.14 bits per heavy atom. The average molecular weight is 385 g/mol. The molecule has 8 nitrogen and oxygen atoms in total. The van der Waals surface area contributed by atoms with Crippen LogP contribution in [0.25, 0.3) is 0 Å². The number of rotatable bonds is 6. The minimum Gasteiger partial charge on any atom is -0.384 e. The van der Waals surface area contributed by atoms with Crippen molar-refractivity contribution in [3.63, 3.8) is 0 Å². The number of aromatic nitrogens is 2. The molecule has 150 valence electrons. The number of para-hydroxylation sites is 1. The molecule has 28 heavy (non-hydrogen) atoms. The van der Waals surface area contributed by atoms with Crippen LogP contribution in [0.1, 0.15) is 29.3 Å². The zero-order chi connectivity index (χ0) is 20.3. The molecular formula is C20H27N5O3. The molecule has 8 heteroatoms. The van der Waals surface area contributed by atoms with Crippen LogP contribution in [-0.4, -0.2) is 53.0 Å². The molecule has 1 fully saturated rings. The fraction of sp³-hybridized carbons (Fsp3) is 0.450. The molecular weight excluding hydrogens is 358 g/mol. The molecule has 2 aromatic rings. The van der Waals surface area contributed by atoms with Crippen LogP contribution in [0.5, 0.6) is 0 Å². The van der Waals surface area contributed by atoms with Gasteiger partial charge in [-0.05, 0) is 25.0 Å². The van der Waals surface area contributed by atoms with Crippen molar-refractivity contribution in [1.82, 2.24) is 14.5 Å². The summed E-state index contributed by atoms with van der Waals surface area (Å²) in [6.07, 6.45) is 0.671. The predicted molar refractivity (Wildman–Crippen MR) is 110 cm³/mol. The van der Waals surface area contributed by atoms with Crippen molar-refractivity contribution >= 4 is 17.3 Å². The number of carbonyl (C=O) groups excluding carboxylic acids is 1. The van der Waals surface area contributed by atoms with Gasteiger partial charge in [0.1, 0.15) is 11.4 Å². The number of benzene rings is 1. The Morgan fingerprint density at radius 3 is 2.46 bits per heavy atom. The molecule has 0 amide bonds. The SMILES string of the molecule is CCCn1c(N)c(C(=O)CN2CCN(c3ccccc3C)CC2)c(=O)[nH]c1=O. The third-order valence-corrected chi connectivity index (χ3v) is 5.16. The summed E-state index contributed by atoms with van der Waals surface area (Å²) in [5.74, 6) is -0.396. The summed E-state index contributed by atoms with van der Waals surface area (Å²) >= 11 is 0. The van der Waals surface area contributed by atoms with Crippen molar-refractivity contribution in [2.24, 2.45) is 0 Å². The highest BCUT2D eigenvalue weighted by Gasteiger charge is 2.24. The fourth-order valence-electron chi connectivity index (χ4n) is 3.65. The van der Waals surface area contributed by atoms with E-state index in [1.54, 1.807) is 0 Å². The second-order valence-corrected chi connectivity index (χ2v) is 7.14. The number of carbonyl (C=O) groups is 1. The molecule has 3 rings (SSSR count). The normalized spacial score (nSPS) is 15.0. The Morgan fingerprint density at radius 2 is 1.82 bits per heavy atom. The first kappa shape index (κ1) is 19.9. The van der Waals surface area contributed by atoms with Gasteiger partial charge in [0, 0.05) is 38.4 Å². The van der Waals surface area contributed by atoms with Crippen molar-refractivity contribution in [3.05, 3.63) is 56.2 Å². The molecule has 0 atom stereocenters. The number of ketones is 1. The number of nitrogens with one attached hydrogen (secondary N) is 1. The van der Waals surface area contributed by atoms with Gasteiger partial charge in [-0.25, -0.2) is 4.79 Å². The molecule has 0 bridgehead atoms. The monoisotopic (exact) mass is 385 g/mol. The van der Waals surface area contributed by atoms with Gasteiger partial charge in [-0.1, -0.05) is 25.1 Å². The van der Waals surface area contributed by atoms with Crippen LogP contribution in [0.15, 0.2) is 33.9 Å². The number of hydrogen-bond acceptors (Lipinski definition) is 6. The van der Waals surface area contributed by atoms with Crippen LogP contribution in [0.4, 0.5) is 11.5 Å². The van der Waals surface area contributed by atoms with Gasteiger partial charge in [-0.15, -0.1) is 0 Å². The summed E-state index contributed by atoms with van der Waals surface area (Å²) in [6, 6.07) is 8.24. The topological polar surface area (TPSA) is 104 Å². The molecule has 3 N–H and O–H groups in total. The van der Waals surface area contributed by atoms with E-state index in [-0.39, 0.29) is 23.7 Å². The van der Waals surface area contributed by atoms with E-state index < -0.39 is 11.2 Å². The highest BCUT2D eigenvalue weighted by molar-refractivity contribution is 6.01. The standard InChI is InChI=1S/C20H27N5O3/c1-3-8-25-18(21)17(19(27)22-20(25)28)16(26)13-23-9-11-24(12-10-23)15-7-5-4-6-14(15)2/h4-7H,3,8-13,21H2,1-2H3,(H,22,27,28). The fourth-order valence-corrected chi connectivity index (χ4v) is 3.65. The second kappa shape index (κ2) is 8.43. The number of piperazine rings is 1. The van der Waals surface area contributed by atoms with Gasteiger partial charge in [0.2, 0.25) is 0 Å². The number of hydrogen-bond donors (Lipinski definition) is 2. The number of nitrogens with two attached hydrogens (primary N) is 1. The number of nitrogen functional groups attached to an aromatic ring is 1. The van der Waals surface area contributed by atoms with Gasteiger partial charge in [-0.2, -0.15) is 0 Å². The van der Waals surface area contributed by atoms with Crippen molar-refractivity contribution < 1.29 is 4.79 Å². The van der Waals surface area contributed by atoms with Gasteiger partial charge in [-0.3, -0.25) is 24.0 Å². The summed E-state index contributed by atoms with van der Waals surface area (Å²) in [5.41, 5.74) is 7.02. The molecule has 0 spiro atoms. The molecule has 0 saturated carbocycles. The molecule has 0 radical (unpaired) electrons. The predicted octanol–water partition coefficient (Wildman–Crippen LogP) is 0.842. The van der Waals surface area contributed by atoms with E-state index in [1.165, 1.54) is 15.8 Å². The lowest BCUT2D eigenvalue weighted by molar-refractivity contribution is 0.0925. The van der Waals surface area contributed by atoms with Crippen LogP contribution in [-0.2, 0) is 6.54 Å². The van der Waals surface area contributed by atoms with Gasteiger partial charge in [0.15, 0.2) is 5.78 Å². The first-order valence-electron chi connectivity index (χ1n) is 9.61. The van der Waals surface area contributed by atoms with Crippen molar-refractivity contribution in [1.29, 1.82) is 0 Å². The molecule has 1 aliphatic heterocycles. The zero-order valence-electron chi connectivity index (χ0n) is 16.4. The lowest BCUT2D eigenvalue weighted by atomic mass is 10.1. The molecule has 0 aliphatic carbocycles. The van der Waals surface area contributed by atoms with E-state index in [2.05, 4.69) is 28.9 Å². The first-order chi connectivity index (χ1) is 13.4. The van der Waals surface area contributed by atoms with E-state index >= 15 is 0 Å². The van der Waals surface area contributed by atoms with Gasteiger partial charge < -0.3 is 10.6 Å². The van der Waals surface area contributed by atoms with Crippen LogP contribution in [0.3, 0.4) is 0 Å². The highest BCUT2D eigenvalue weighted by atomic mass is 16.2. The number of nitrogens with zero attached hydrogens (tertiary/aromatic N) is 3. The van der Waals surface area contributed by atoms with E-state index in [0.717, 1.165) is 13.1 Å². The summed E-state index contributed by atoms with van der Waals surface area (Å²) in [4.78, 5) is 43.4. The third-order valence-electron chi connectivity index (χ3n) is 5.16. The van der Waals surface area contributed by atoms with Crippen molar-refractivity contribution in [2.75, 3.05) is 43.4 Å². The van der Waals surface area contributed by atoms with Crippen LogP contribution < -0.4 is 21.9 Å². The van der Waals surface area contributed by atoms with Gasteiger partial charge in [0.05, 0.1) is 6.54 Å². The maximum absolute atomic E-state index is 12.8. The Bertz CT molecular complexity index is 971. The number of aromatic amines is 1. The van der Waals surface area contributed by atoms with E-state index in [9.17, 15) is 14.4 Å². The van der Waals surface area contributed by atoms with Crippen LogP contribution >= 0.6 is 0 Å². The number of aryl methyl sites for hydroxylation is 1. The Labute approximate surface area is 163 Å². The summed E-state index contributed by atoms with van der Waals surface area (Å²) in [7, 11) is 0. The third kappa shape index (κ3) is 4.01. The maximum Gasteiger partial charge on any atom is 0.329 e. The quantitative estimate of drug-likeness (QED) is 0.714. The van der Waals surface area contributed by atoms with E-state index in [0.29, 0.717) is 26.1 Å². The Balaban J connectivity index is 1.70.